The molecule has 0 spiro atoms. The maximum Gasteiger partial charge on any atom is 1.00 e. The zero-order valence-corrected chi connectivity index (χ0v) is 26.4. The molecule has 0 aromatic heterocycles. The first-order valence-corrected chi connectivity index (χ1v) is 14.7. The summed E-state index contributed by atoms with van der Waals surface area (Å²) in [5, 5.41) is 10.2. The van der Waals surface area contributed by atoms with E-state index in [9.17, 15) is 5.11 Å². The van der Waals surface area contributed by atoms with E-state index in [0.29, 0.717) is 10.8 Å². The first-order valence-electron chi connectivity index (χ1n) is 13.3. The van der Waals surface area contributed by atoms with Gasteiger partial charge in [-0.15, -0.1) is 0 Å². The third-order valence-electron chi connectivity index (χ3n) is 10.3. The molecule has 34 heavy (non-hydrogen) atoms. The van der Waals surface area contributed by atoms with Crippen molar-refractivity contribution in [3.63, 3.8) is 0 Å². The van der Waals surface area contributed by atoms with Gasteiger partial charge in [0.15, 0.2) is 0 Å². The Kier molecular flexibility index (Phi) is 11.4. The van der Waals surface area contributed by atoms with Gasteiger partial charge < -0.3 is 9.66 Å². The van der Waals surface area contributed by atoms with Gasteiger partial charge in [-0.2, -0.15) is 0 Å². The summed E-state index contributed by atoms with van der Waals surface area (Å²) < 4.78 is 32.8. The van der Waals surface area contributed by atoms with Gasteiger partial charge >= 0.3 is 51.4 Å². The Morgan fingerprint density at radius 2 is 1.71 bits per heavy atom. The van der Waals surface area contributed by atoms with Crippen LogP contribution in [0, 0.1) is 46.3 Å². The summed E-state index contributed by atoms with van der Waals surface area (Å²) in [5.74, 6) is 5.46. The Bertz CT molecular complexity index is 804. The van der Waals surface area contributed by atoms with Crippen LogP contribution in [0.3, 0.4) is 0 Å². The molecule has 7 heteroatoms. The predicted molar refractivity (Wildman–Crippen MR) is 131 cm³/mol. The van der Waals surface area contributed by atoms with Gasteiger partial charge in [0, 0.05) is 0 Å². The molecular formula is C27H47KO5S. The van der Waals surface area contributed by atoms with Crippen LogP contribution in [-0.4, -0.2) is 28.7 Å². The van der Waals surface area contributed by atoms with Crippen molar-refractivity contribution in [3.8, 4) is 0 Å². The van der Waals surface area contributed by atoms with Crippen molar-refractivity contribution >= 4 is 10.4 Å². The topological polar surface area (TPSA) is 97.7 Å². The summed E-state index contributed by atoms with van der Waals surface area (Å²) in [7, 11) is -4.92. The maximum absolute atomic E-state index is 10.2. The molecule has 192 valence electrons. The number of aliphatic hydroxyl groups is 1. The molecule has 4 aliphatic carbocycles. The number of rotatable bonds is 5. The van der Waals surface area contributed by atoms with Gasteiger partial charge in [-0.3, -0.25) is 4.55 Å². The monoisotopic (exact) mass is 522 g/mol. The Morgan fingerprint density at radius 1 is 1.06 bits per heavy atom. The molecule has 0 bridgehead atoms. The molecule has 4 rings (SSSR count). The van der Waals surface area contributed by atoms with E-state index in [-0.39, 0.29) is 57.5 Å². The van der Waals surface area contributed by atoms with Crippen LogP contribution >= 0.6 is 0 Å². The van der Waals surface area contributed by atoms with E-state index in [4.69, 9.17) is 17.5 Å². The molecule has 5 nitrogen and oxygen atoms in total. The summed E-state index contributed by atoms with van der Waals surface area (Å²) in [4.78, 5) is 0. The molecular weight excluding hydrogens is 475 g/mol. The number of hydrogen-bond donors (Lipinski definition) is 2. The maximum atomic E-state index is 10.2. The van der Waals surface area contributed by atoms with E-state index in [2.05, 4.69) is 40.7 Å². The number of aliphatic hydroxyl groups excluding tert-OH is 1. The number of hydrogen-bond acceptors (Lipinski definition) is 4. The largest absolute Gasteiger partial charge is 1.00 e. The Morgan fingerprint density at radius 3 is 2.32 bits per heavy atom. The molecule has 2 N–H and O–H groups in total. The summed E-state index contributed by atoms with van der Waals surface area (Å²) in [6.45, 7) is 12.6. The second-order valence-electron chi connectivity index (χ2n) is 12.6. The third-order valence-corrected chi connectivity index (χ3v) is 10.3. The molecule has 8 atom stereocenters. The van der Waals surface area contributed by atoms with Crippen molar-refractivity contribution in [3.05, 3.63) is 11.6 Å². The average Bonchev–Trinajstić information content (AvgIpc) is 3.04. The number of fused-ring (bicyclic) bond motifs is 5. The minimum Gasteiger partial charge on any atom is -0.726 e. The van der Waals surface area contributed by atoms with Crippen LogP contribution in [0.1, 0.15) is 105 Å². The quantitative estimate of drug-likeness (QED) is 0.250. The summed E-state index contributed by atoms with van der Waals surface area (Å²) in [6.07, 6.45) is 17.2. The van der Waals surface area contributed by atoms with Crippen LogP contribution in [0.25, 0.3) is 0 Å². The third kappa shape index (κ3) is 7.19. The van der Waals surface area contributed by atoms with E-state index in [1.54, 1.807) is 5.57 Å². The molecule has 4 aliphatic rings. The van der Waals surface area contributed by atoms with Gasteiger partial charge in [-0.1, -0.05) is 65.5 Å². The number of allylic oxidation sites excluding steroid dienone is 1. The fraction of sp³-hybridized carbons (Fsp3) is 0.926. The molecule has 0 aliphatic heterocycles. The van der Waals surface area contributed by atoms with Gasteiger partial charge in [0.2, 0.25) is 10.4 Å². The van der Waals surface area contributed by atoms with Crippen LogP contribution in [0.15, 0.2) is 11.6 Å². The minimum atomic E-state index is -4.92. The molecule has 0 unspecified atom stereocenters. The summed E-state index contributed by atoms with van der Waals surface area (Å²) in [6, 6.07) is 0. The fourth-order valence-corrected chi connectivity index (χ4v) is 8.67. The van der Waals surface area contributed by atoms with E-state index in [0.717, 1.165) is 48.3 Å². The van der Waals surface area contributed by atoms with E-state index < -0.39 is 10.4 Å². The molecule has 0 aromatic carbocycles. The van der Waals surface area contributed by atoms with Gasteiger partial charge in [-0.05, 0) is 97.7 Å². The zero-order chi connectivity index (χ0) is 24.6. The Balaban J connectivity index is 0.000000619. The molecule has 0 heterocycles. The molecule has 0 saturated heterocycles. The molecule has 0 aromatic rings. The average molecular weight is 523 g/mol. The first-order chi connectivity index (χ1) is 15.3. The Labute approximate surface area is 251 Å². The van der Waals surface area contributed by atoms with E-state index in [1.807, 2.05) is 0 Å². The standard InChI is InChI=1S/C27H46O.K.H2O4S/c1-18(2)7-6-8-19(3)23-11-12-24-22-10-9-20-17-21(28)13-15-26(20,4)25(22)14-16-27(23,24)5;;1-5(2,3)4/h9,18-19,21-25,28H,6-8,10-17H2,1-5H3;;(H2,1,2,3,4)/q;+1;/p-1/t19-,21+,22+,23-,24+,25+,26+,27-;;/m1../s1. The van der Waals surface area contributed by atoms with Crippen molar-refractivity contribution in [1.82, 2.24) is 0 Å². The van der Waals surface area contributed by atoms with E-state index in [1.165, 1.54) is 57.8 Å². The van der Waals surface area contributed by atoms with Gasteiger partial charge in [0.05, 0.1) is 6.10 Å². The first kappa shape index (κ1) is 31.4. The van der Waals surface area contributed by atoms with Crippen LogP contribution < -0.4 is 51.4 Å². The molecule has 3 fully saturated rings. The van der Waals surface area contributed by atoms with Crippen LogP contribution in [0.2, 0.25) is 0 Å². The van der Waals surface area contributed by atoms with Crippen LogP contribution in [-0.2, 0) is 10.4 Å². The van der Waals surface area contributed by atoms with E-state index >= 15 is 0 Å². The minimum absolute atomic E-state index is 0. The second kappa shape index (κ2) is 12.4. The molecule has 0 radical (unpaired) electrons. The van der Waals surface area contributed by atoms with Crippen molar-refractivity contribution < 1.29 is 74.0 Å². The van der Waals surface area contributed by atoms with Gasteiger partial charge in [0.1, 0.15) is 0 Å². The van der Waals surface area contributed by atoms with Crippen molar-refractivity contribution in [2.45, 2.75) is 111 Å². The van der Waals surface area contributed by atoms with Crippen LogP contribution in [0.4, 0.5) is 0 Å². The summed E-state index contributed by atoms with van der Waals surface area (Å²) >= 11 is 0. The molecule has 0 amide bonds. The fourth-order valence-electron chi connectivity index (χ4n) is 8.67. The zero-order valence-electron chi connectivity index (χ0n) is 22.4. The van der Waals surface area contributed by atoms with Crippen molar-refractivity contribution in [2.24, 2.45) is 46.3 Å². The van der Waals surface area contributed by atoms with Crippen molar-refractivity contribution in [2.75, 3.05) is 0 Å². The molecule has 3 saturated carbocycles. The normalized spacial score (nSPS) is 40.0. The second-order valence-corrected chi connectivity index (χ2v) is 13.5. The van der Waals surface area contributed by atoms with Crippen molar-refractivity contribution in [1.29, 1.82) is 0 Å². The van der Waals surface area contributed by atoms with Crippen LogP contribution in [0.5, 0.6) is 0 Å². The van der Waals surface area contributed by atoms with Gasteiger partial charge in [-0.25, -0.2) is 8.42 Å². The smallest absolute Gasteiger partial charge is 0.726 e. The SMILES string of the molecule is CC(C)CCC[C@@H](C)[C@H]1CC[C@H]2[C@@H]3CC=C4C[C@@H](O)CC[C@]4(C)[C@H]3CC[C@]12C.O=S(=O)([O-])O.[K+]. The predicted octanol–water partition coefficient (Wildman–Crippen LogP) is 3.40. The summed E-state index contributed by atoms with van der Waals surface area (Å²) in [5.41, 5.74) is 2.60. The van der Waals surface area contributed by atoms with Gasteiger partial charge in [0.25, 0.3) is 0 Å². The Hall–Kier alpha value is 1.21.